The van der Waals surface area contributed by atoms with Crippen molar-refractivity contribution in [2.24, 2.45) is 0 Å². The molecule has 5 heteroatoms. The number of phenolic OH excluding ortho intramolecular Hbond substituents is 1. The van der Waals surface area contributed by atoms with E-state index in [2.05, 4.69) is 172 Å². The number of phenols is 1. The molecular weight excluding hydrogens is 896 g/mol. The summed E-state index contributed by atoms with van der Waals surface area (Å²) in [5.41, 5.74) is 14.8. The molecule has 0 aliphatic rings. The molecule has 290 valence electrons. The van der Waals surface area contributed by atoms with Crippen molar-refractivity contribution in [3.8, 4) is 60.8 Å². The summed E-state index contributed by atoms with van der Waals surface area (Å²) in [4.78, 5) is 10.3. The topological polar surface area (TPSA) is 46.0 Å². The number of pyridine rings is 1. The summed E-state index contributed by atoms with van der Waals surface area (Å²) in [5, 5.41) is 13.0. The van der Waals surface area contributed by atoms with E-state index < -0.39 is 0 Å². The van der Waals surface area contributed by atoms with Crippen LogP contribution in [0, 0.1) is 6.07 Å². The molecule has 0 spiro atoms. The van der Waals surface area contributed by atoms with E-state index in [9.17, 15) is 5.11 Å². The van der Waals surface area contributed by atoms with Gasteiger partial charge in [0.2, 0.25) is 0 Å². The maximum absolute atomic E-state index is 11.1. The third-order valence-corrected chi connectivity index (χ3v) is 11.9. The molecule has 6 aromatic carbocycles. The largest absolute Gasteiger partial charge is 0.507 e. The number of hydrogen-bond donors (Lipinski definition) is 1. The number of aromatic nitrogens is 2. The van der Waals surface area contributed by atoms with Crippen LogP contribution in [0.1, 0.15) is 79.0 Å². The molecule has 0 aliphatic carbocycles. The monoisotopic (exact) mass is 944 g/mol. The van der Waals surface area contributed by atoms with Crippen LogP contribution >= 0.6 is 11.3 Å². The molecule has 57 heavy (non-hydrogen) atoms. The van der Waals surface area contributed by atoms with Crippen molar-refractivity contribution in [1.82, 2.24) is 9.97 Å². The van der Waals surface area contributed by atoms with Crippen LogP contribution in [0.25, 0.3) is 76.2 Å². The molecule has 0 radical (unpaired) electrons. The minimum absolute atomic E-state index is 0. The Labute approximate surface area is 356 Å². The van der Waals surface area contributed by atoms with Crippen LogP contribution in [0.2, 0.25) is 0 Å². The summed E-state index contributed by atoms with van der Waals surface area (Å²) in [5.74, 6) is 0.234. The van der Waals surface area contributed by atoms with Crippen molar-refractivity contribution < 1.29 is 26.2 Å². The van der Waals surface area contributed by atoms with E-state index in [0.717, 1.165) is 70.6 Å². The Morgan fingerprint density at radius 3 is 1.77 bits per heavy atom. The molecule has 0 unspecified atom stereocenters. The first-order valence-electron chi connectivity index (χ1n) is 19.5. The van der Waals surface area contributed by atoms with Crippen LogP contribution in [0.4, 0.5) is 0 Å². The van der Waals surface area contributed by atoms with Crippen LogP contribution in [0.3, 0.4) is 0 Å². The molecule has 2 aromatic heterocycles. The summed E-state index contributed by atoms with van der Waals surface area (Å²) < 4.78 is 1.06. The van der Waals surface area contributed by atoms with E-state index in [4.69, 9.17) is 9.97 Å². The second-order valence-corrected chi connectivity index (χ2v) is 19.1. The van der Waals surface area contributed by atoms with Gasteiger partial charge in [0, 0.05) is 42.9 Å². The third kappa shape index (κ3) is 8.00. The third-order valence-electron chi connectivity index (χ3n) is 10.8. The van der Waals surface area contributed by atoms with Gasteiger partial charge >= 0.3 is 0 Å². The van der Waals surface area contributed by atoms with Gasteiger partial charge in [-0.1, -0.05) is 146 Å². The summed E-state index contributed by atoms with van der Waals surface area (Å²) in [6.07, 6.45) is 1.94. The van der Waals surface area contributed by atoms with E-state index in [1.54, 1.807) is 17.4 Å². The summed E-state index contributed by atoms with van der Waals surface area (Å²) in [6.45, 7) is 20.1. The van der Waals surface area contributed by atoms with Crippen LogP contribution < -0.4 is 0 Å². The average molecular weight is 945 g/mol. The second-order valence-electron chi connectivity index (χ2n) is 18.1. The zero-order valence-corrected chi connectivity index (χ0v) is 37.3. The molecule has 8 aromatic rings. The fraction of sp³-hybridized carbons (Fsp3) is 0.231. The van der Waals surface area contributed by atoms with Crippen molar-refractivity contribution in [1.29, 1.82) is 0 Å². The Morgan fingerprint density at radius 1 is 0.509 bits per heavy atom. The predicted octanol–water partition coefficient (Wildman–Crippen LogP) is 14.6. The van der Waals surface area contributed by atoms with E-state index in [0.29, 0.717) is 0 Å². The Bertz CT molecular complexity index is 2740. The Kier molecular flexibility index (Phi) is 10.7. The van der Waals surface area contributed by atoms with Gasteiger partial charge in [0.05, 0.1) is 11.1 Å². The maximum Gasteiger partial charge on any atom is 0.127 e. The maximum atomic E-state index is 11.1. The Balaban J connectivity index is 0.00000496. The molecule has 0 bridgehead atoms. The van der Waals surface area contributed by atoms with Crippen LogP contribution in [0.15, 0.2) is 128 Å². The molecule has 0 aliphatic heterocycles. The molecule has 1 N–H and O–H groups in total. The van der Waals surface area contributed by atoms with Crippen molar-refractivity contribution in [3.05, 3.63) is 150 Å². The molecule has 0 saturated heterocycles. The van der Waals surface area contributed by atoms with Crippen LogP contribution in [-0.2, 0) is 37.3 Å². The van der Waals surface area contributed by atoms with Gasteiger partial charge in [0.25, 0.3) is 0 Å². The number of rotatable bonds is 5. The zero-order valence-electron chi connectivity index (χ0n) is 34.2. The van der Waals surface area contributed by atoms with Crippen molar-refractivity contribution >= 4 is 32.5 Å². The van der Waals surface area contributed by atoms with Gasteiger partial charge < -0.3 is 5.11 Å². The predicted molar refractivity (Wildman–Crippen MR) is 239 cm³/mol. The minimum atomic E-state index is -0.0905. The number of benzene rings is 6. The number of fused-ring (bicyclic) bond motifs is 2. The van der Waals surface area contributed by atoms with Crippen LogP contribution in [0.5, 0.6) is 5.75 Å². The molecule has 2 heterocycles. The molecule has 0 amide bonds. The molecular formula is C52H49N2OPtS-. The van der Waals surface area contributed by atoms with E-state index in [-0.39, 0.29) is 43.1 Å². The Hall–Kier alpha value is -4.89. The first-order chi connectivity index (χ1) is 26.5. The number of hydrogen-bond acceptors (Lipinski definition) is 4. The SMILES string of the molecule is CC(C)(C)c1ccc(-c2ccnc3c(-c4[c-]c(-c5cc(-c6ccccc6)cc6sc(-c7cc(C(C)(C)C)ccc7O)nc56)ccc4)cc(C(C)(C)C)cc23)cc1.[Pt]. The molecule has 8 rings (SSSR count). The number of aromatic hydroxyl groups is 1. The molecule has 3 nitrogen and oxygen atoms in total. The number of thiazole rings is 1. The fourth-order valence-corrected chi connectivity index (χ4v) is 8.46. The Morgan fingerprint density at radius 2 is 1.12 bits per heavy atom. The van der Waals surface area contributed by atoms with Crippen molar-refractivity contribution in [3.63, 3.8) is 0 Å². The molecule has 0 fully saturated rings. The summed E-state index contributed by atoms with van der Waals surface area (Å²) in [7, 11) is 0. The van der Waals surface area contributed by atoms with Gasteiger partial charge in [-0.2, -0.15) is 0 Å². The van der Waals surface area contributed by atoms with Crippen molar-refractivity contribution in [2.75, 3.05) is 0 Å². The molecule has 0 atom stereocenters. The standard InChI is InChI=1S/C52H49N2OS.Pt/c1-50(2,3)37-20-18-33(19-21-37)40-24-25-53-47-42(30-39(31-43(40)47)52(7,8)9)35-17-13-16-34(26-35)41-27-36(32-14-11-10-12-15-32)28-46-48(41)54-49(56-46)44-29-38(51(4,5)6)22-23-45(44)55;/h10-25,27-31,55H,1-9H3;/q-1;. The van der Waals surface area contributed by atoms with Gasteiger partial charge in [-0.3, -0.25) is 4.98 Å². The average Bonchev–Trinajstić information content (AvgIpc) is 3.60. The zero-order chi connectivity index (χ0) is 39.6. The first-order valence-corrected chi connectivity index (χ1v) is 20.3. The smallest absolute Gasteiger partial charge is 0.127 e. The van der Waals surface area contributed by atoms with Gasteiger partial charge in [-0.15, -0.1) is 46.7 Å². The summed E-state index contributed by atoms with van der Waals surface area (Å²) in [6, 6.07) is 46.9. The first kappa shape index (κ1) is 40.3. The minimum Gasteiger partial charge on any atom is -0.507 e. The number of nitrogens with zero attached hydrogens (tertiary/aromatic N) is 2. The van der Waals surface area contributed by atoms with Gasteiger partial charge in [-0.25, -0.2) is 4.98 Å². The van der Waals surface area contributed by atoms with E-state index >= 15 is 0 Å². The normalized spacial score (nSPS) is 12.2. The summed E-state index contributed by atoms with van der Waals surface area (Å²) >= 11 is 1.62. The second kappa shape index (κ2) is 15.1. The van der Waals surface area contributed by atoms with Gasteiger partial charge in [0.15, 0.2) is 0 Å². The fourth-order valence-electron chi connectivity index (χ4n) is 7.40. The quantitative estimate of drug-likeness (QED) is 0.175. The van der Waals surface area contributed by atoms with Gasteiger partial charge in [-0.05, 0) is 85.5 Å². The van der Waals surface area contributed by atoms with E-state index in [1.165, 1.54) is 22.3 Å². The molecule has 0 saturated carbocycles. The van der Waals surface area contributed by atoms with E-state index in [1.807, 2.05) is 18.3 Å². The van der Waals surface area contributed by atoms with Crippen molar-refractivity contribution in [2.45, 2.75) is 78.6 Å². The van der Waals surface area contributed by atoms with Crippen LogP contribution in [-0.4, -0.2) is 15.1 Å². The van der Waals surface area contributed by atoms with Gasteiger partial charge in [0.1, 0.15) is 10.8 Å².